The number of nitrogens with one attached hydrogen (secondary N) is 3. The van der Waals surface area contributed by atoms with E-state index in [9.17, 15) is 18.0 Å². The second-order valence-electron chi connectivity index (χ2n) is 7.23. The summed E-state index contributed by atoms with van der Waals surface area (Å²) >= 11 is 1.29. The van der Waals surface area contributed by atoms with Crippen LogP contribution in [0, 0.1) is 5.92 Å². The fraction of sp³-hybridized carbons (Fsp3) is 0.350. The number of hydrogen-bond donors (Lipinski definition) is 3. The van der Waals surface area contributed by atoms with Crippen molar-refractivity contribution >= 4 is 44.7 Å². The lowest BCUT2D eigenvalue weighted by molar-refractivity contribution is -0.118. The molecule has 1 aromatic carbocycles. The minimum Gasteiger partial charge on any atom is -0.339 e. The quantitative estimate of drug-likeness (QED) is 0.604. The number of amides is 2. The summed E-state index contributed by atoms with van der Waals surface area (Å²) < 4.78 is 27.7. The summed E-state index contributed by atoms with van der Waals surface area (Å²) in [7, 11) is -3.79. The summed E-state index contributed by atoms with van der Waals surface area (Å²) in [6, 6.07) is 8.66. The van der Waals surface area contributed by atoms with Crippen LogP contribution in [-0.2, 0) is 14.8 Å². The van der Waals surface area contributed by atoms with E-state index in [1.165, 1.54) is 23.5 Å². The van der Waals surface area contributed by atoms with Crippen molar-refractivity contribution in [2.75, 3.05) is 11.9 Å². The normalized spacial score (nSPS) is 14.8. The summed E-state index contributed by atoms with van der Waals surface area (Å²) in [5.74, 6) is -0.460. The predicted molar refractivity (Wildman–Crippen MR) is 117 cm³/mol. The van der Waals surface area contributed by atoms with Gasteiger partial charge in [0.1, 0.15) is 11.9 Å². The van der Waals surface area contributed by atoms with Crippen molar-refractivity contribution in [2.45, 2.75) is 37.6 Å². The zero-order valence-electron chi connectivity index (χ0n) is 16.7. The molecule has 1 aromatic heterocycles. The molecular formula is C20H24N4O4S2. The van der Waals surface area contributed by atoms with Gasteiger partial charge < -0.3 is 10.6 Å². The van der Waals surface area contributed by atoms with E-state index in [4.69, 9.17) is 0 Å². The second-order valence-corrected chi connectivity index (χ2v) is 9.86. The first-order valence-corrected chi connectivity index (χ1v) is 11.9. The number of carbonyl (C=O) groups excluding carboxylic acids is 2. The van der Waals surface area contributed by atoms with Gasteiger partial charge in [-0.05, 0) is 42.0 Å². The summed E-state index contributed by atoms with van der Waals surface area (Å²) in [6.07, 6.45) is 1.41. The van der Waals surface area contributed by atoms with Crippen LogP contribution in [0.3, 0.4) is 0 Å². The van der Waals surface area contributed by atoms with Gasteiger partial charge in [0.2, 0.25) is 5.91 Å². The third-order valence-corrected chi connectivity index (χ3v) is 6.77. The van der Waals surface area contributed by atoms with Gasteiger partial charge in [-0.25, -0.2) is 8.42 Å². The molecule has 1 atom stereocenters. The molecule has 3 rings (SSSR count). The molecule has 10 heteroatoms. The van der Waals surface area contributed by atoms with Gasteiger partial charge in [-0.1, -0.05) is 26.0 Å². The number of amidine groups is 1. The Labute approximate surface area is 179 Å². The highest BCUT2D eigenvalue weighted by molar-refractivity contribution is 7.90. The number of nitrogens with zero attached hydrogens (tertiary/aromatic N) is 1. The zero-order chi connectivity index (χ0) is 21.7. The SMILES string of the molecule is CC(C)[C@H](NC(=O)c1cccs1)C(=O)Nc1cccc(S(=O)(=O)NC2=NCCC2)c1. The van der Waals surface area contributed by atoms with E-state index in [-0.39, 0.29) is 16.7 Å². The lowest BCUT2D eigenvalue weighted by atomic mass is 10.0. The molecular weight excluding hydrogens is 424 g/mol. The summed E-state index contributed by atoms with van der Waals surface area (Å²) in [4.78, 5) is 29.8. The van der Waals surface area contributed by atoms with Gasteiger partial charge in [0.05, 0.1) is 9.77 Å². The van der Waals surface area contributed by atoms with Gasteiger partial charge in [-0.15, -0.1) is 11.3 Å². The third kappa shape index (κ3) is 5.45. The number of thiophene rings is 1. The van der Waals surface area contributed by atoms with Crippen molar-refractivity contribution in [1.29, 1.82) is 0 Å². The molecule has 0 saturated heterocycles. The van der Waals surface area contributed by atoms with Crippen LogP contribution in [0.1, 0.15) is 36.4 Å². The van der Waals surface area contributed by atoms with Gasteiger partial charge >= 0.3 is 0 Å². The van der Waals surface area contributed by atoms with Gasteiger partial charge in [-0.2, -0.15) is 0 Å². The minimum atomic E-state index is -3.79. The first-order chi connectivity index (χ1) is 14.3. The highest BCUT2D eigenvalue weighted by Gasteiger charge is 2.26. The number of sulfonamides is 1. The van der Waals surface area contributed by atoms with Gasteiger partial charge in [0.15, 0.2) is 0 Å². The van der Waals surface area contributed by atoms with Gasteiger partial charge in [0, 0.05) is 18.7 Å². The molecule has 1 aliphatic heterocycles. The maximum atomic E-state index is 12.8. The smallest absolute Gasteiger partial charge is 0.262 e. The van der Waals surface area contributed by atoms with Gasteiger partial charge in [-0.3, -0.25) is 19.3 Å². The van der Waals surface area contributed by atoms with E-state index < -0.39 is 22.0 Å². The maximum Gasteiger partial charge on any atom is 0.262 e. The number of anilines is 1. The van der Waals surface area contributed by atoms with Crippen molar-refractivity contribution in [3.8, 4) is 0 Å². The largest absolute Gasteiger partial charge is 0.339 e. The van der Waals surface area contributed by atoms with Crippen molar-refractivity contribution in [2.24, 2.45) is 10.9 Å². The molecule has 0 radical (unpaired) electrons. The Kier molecular flexibility index (Phi) is 6.88. The van der Waals surface area contributed by atoms with E-state index >= 15 is 0 Å². The zero-order valence-corrected chi connectivity index (χ0v) is 18.3. The van der Waals surface area contributed by atoms with Crippen molar-refractivity contribution in [3.63, 3.8) is 0 Å². The van der Waals surface area contributed by atoms with Crippen LogP contribution in [0.4, 0.5) is 5.69 Å². The fourth-order valence-corrected chi connectivity index (χ4v) is 4.71. The van der Waals surface area contributed by atoms with Crippen molar-refractivity contribution in [1.82, 2.24) is 10.0 Å². The second kappa shape index (κ2) is 9.40. The topological polar surface area (TPSA) is 117 Å². The Morgan fingerprint density at radius 3 is 2.60 bits per heavy atom. The third-order valence-electron chi connectivity index (χ3n) is 4.52. The molecule has 0 saturated carbocycles. The number of carbonyl (C=O) groups is 2. The van der Waals surface area contributed by atoms with Crippen LogP contribution in [0.5, 0.6) is 0 Å². The molecule has 0 fully saturated rings. The molecule has 3 N–H and O–H groups in total. The molecule has 0 bridgehead atoms. The average Bonchev–Trinajstić information content (AvgIpc) is 3.39. The standard InChI is InChI=1S/C20H24N4O4S2/c1-13(2)18(23-19(25)16-8-5-11-29-16)20(26)22-14-6-3-7-15(12-14)30(27,28)24-17-9-4-10-21-17/h3,5-8,11-13,18H,4,9-10H2,1-2H3,(H,21,24)(H,22,26)(H,23,25)/t18-/m0/s1. The molecule has 8 nitrogen and oxygen atoms in total. The number of benzene rings is 1. The lowest BCUT2D eigenvalue weighted by Gasteiger charge is -2.21. The Bertz CT molecular complexity index is 1050. The predicted octanol–water partition coefficient (Wildman–Crippen LogP) is 2.61. The molecule has 2 heterocycles. The van der Waals surface area contributed by atoms with Crippen LogP contribution < -0.4 is 15.4 Å². The van der Waals surface area contributed by atoms with E-state index in [1.54, 1.807) is 29.6 Å². The molecule has 160 valence electrons. The molecule has 0 spiro atoms. The Morgan fingerprint density at radius 2 is 1.97 bits per heavy atom. The van der Waals surface area contributed by atoms with E-state index in [0.717, 1.165) is 6.42 Å². The van der Waals surface area contributed by atoms with E-state index in [2.05, 4.69) is 20.3 Å². The highest BCUT2D eigenvalue weighted by Crippen LogP contribution is 2.18. The summed E-state index contributed by atoms with van der Waals surface area (Å²) in [6.45, 7) is 4.26. The van der Waals surface area contributed by atoms with Crippen molar-refractivity contribution < 1.29 is 18.0 Å². The Hall–Kier alpha value is -2.72. The first-order valence-electron chi connectivity index (χ1n) is 9.58. The van der Waals surface area contributed by atoms with Crippen LogP contribution in [0.15, 0.2) is 51.7 Å². The number of rotatable bonds is 7. The highest BCUT2D eigenvalue weighted by atomic mass is 32.2. The minimum absolute atomic E-state index is 0.0265. The lowest BCUT2D eigenvalue weighted by Crippen LogP contribution is -2.47. The van der Waals surface area contributed by atoms with Crippen LogP contribution in [-0.4, -0.2) is 38.7 Å². The van der Waals surface area contributed by atoms with Crippen LogP contribution in [0.2, 0.25) is 0 Å². The van der Waals surface area contributed by atoms with Gasteiger partial charge in [0.25, 0.3) is 15.9 Å². The molecule has 1 aliphatic rings. The molecule has 0 aliphatic carbocycles. The van der Waals surface area contributed by atoms with E-state index in [0.29, 0.717) is 29.4 Å². The molecule has 2 aromatic rings. The van der Waals surface area contributed by atoms with E-state index in [1.807, 2.05) is 13.8 Å². The monoisotopic (exact) mass is 448 g/mol. The summed E-state index contributed by atoms with van der Waals surface area (Å²) in [5.41, 5.74) is 0.326. The molecule has 30 heavy (non-hydrogen) atoms. The first kappa shape index (κ1) is 22.0. The molecule has 2 amide bonds. The Balaban J connectivity index is 1.72. The number of hydrogen-bond acceptors (Lipinski definition) is 6. The van der Waals surface area contributed by atoms with Crippen molar-refractivity contribution in [3.05, 3.63) is 46.7 Å². The maximum absolute atomic E-state index is 12.8. The summed E-state index contributed by atoms with van der Waals surface area (Å²) in [5, 5.41) is 7.24. The Morgan fingerprint density at radius 1 is 1.17 bits per heavy atom. The fourth-order valence-electron chi connectivity index (χ4n) is 2.95. The van der Waals surface area contributed by atoms with Crippen LogP contribution in [0.25, 0.3) is 0 Å². The average molecular weight is 449 g/mol. The number of aliphatic imine (C=N–C) groups is 1. The molecule has 0 unspecified atom stereocenters. The van der Waals surface area contributed by atoms with Crippen LogP contribution >= 0.6 is 11.3 Å².